The van der Waals surface area contributed by atoms with Gasteiger partial charge in [0.1, 0.15) is 5.82 Å². The van der Waals surface area contributed by atoms with Crippen molar-refractivity contribution in [2.75, 3.05) is 5.73 Å². The first-order valence-electron chi connectivity index (χ1n) is 5.55. The molecule has 0 aliphatic carbocycles. The summed E-state index contributed by atoms with van der Waals surface area (Å²) < 4.78 is 3.59. The van der Waals surface area contributed by atoms with Gasteiger partial charge in [-0.25, -0.2) is 4.98 Å². The van der Waals surface area contributed by atoms with E-state index < -0.39 is 0 Å². The molecule has 3 aromatic rings. The van der Waals surface area contributed by atoms with E-state index in [1.54, 1.807) is 4.68 Å². The Morgan fingerprint density at radius 3 is 2.61 bits per heavy atom. The predicted octanol–water partition coefficient (Wildman–Crippen LogP) is 1.94. The highest BCUT2D eigenvalue weighted by molar-refractivity contribution is 7.80. The Balaban J connectivity index is 2.31. The van der Waals surface area contributed by atoms with Gasteiger partial charge in [0, 0.05) is 7.05 Å². The molecule has 92 valence electrons. The third kappa shape index (κ3) is 1.42. The van der Waals surface area contributed by atoms with Crippen molar-refractivity contribution in [3.63, 3.8) is 0 Å². The molecule has 0 unspecified atom stereocenters. The smallest absolute Gasteiger partial charge is 0.233 e. The molecule has 0 amide bonds. The minimum atomic E-state index is 0.509. The van der Waals surface area contributed by atoms with Crippen molar-refractivity contribution >= 4 is 29.5 Å². The van der Waals surface area contributed by atoms with Gasteiger partial charge in [-0.1, -0.05) is 12.1 Å². The highest BCUT2D eigenvalue weighted by atomic mass is 32.1. The summed E-state index contributed by atoms with van der Waals surface area (Å²) in [5.41, 5.74) is 8.75. The lowest BCUT2D eigenvalue weighted by molar-refractivity contribution is 0.761. The molecule has 2 aromatic heterocycles. The van der Waals surface area contributed by atoms with Crippen molar-refractivity contribution in [3.8, 4) is 5.95 Å². The van der Waals surface area contributed by atoms with Crippen molar-refractivity contribution in [2.24, 2.45) is 7.05 Å². The number of aryl methyl sites for hydroxylation is 2. The van der Waals surface area contributed by atoms with E-state index in [0.717, 1.165) is 16.7 Å². The van der Waals surface area contributed by atoms with Crippen LogP contribution in [0.25, 0.3) is 17.0 Å². The Morgan fingerprint density at radius 1 is 1.28 bits per heavy atom. The number of rotatable bonds is 1. The van der Waals surface area contributed by atoms with Crippen LogP contribution >= 0.6 is 12.6 Å². The summed E-state index contributed by atoms with van der Waals surface area (Å²) in [6.45, 7) is 1.87. The number of aromatic nitrogens is 4. The van der Waals surface area contributed by atoms with Crippen LogP contribution in [0.15, 0.2) is 29.2 Å². The minimum absolute atomic E-state index is 0.509. The SMILES string of the molecule is Cc1nn(-c2nc3ccccc3n2C)c(N)c1S. The number of thiol groups is 1. The number of fused-ring (bicyclic) bond motifs is 1. The van der Waals surface area contributed by atoms with Gasteiger partial charge in [-0.05, 0) is 19.1 Å². The molecule has 0 spiro atoms. The number of nitrogens with two attached hydrogens (primary N) is 1. The summed E-state index contributed by atoms with van der Waals surface area (Å²) in [4.78, 5) is 5.24. The van der Waals surface area contributed by atoms with E-state index in [9.17, 15) is 0 Å². The molecule has 0 aliphatic heterocycles. The fourth-order valence-corrected chi connectivity index (χ4v) is 2.15. The standard InChI is InChI=1S/C12H13N5S/c1-7-10(18)11(13)17(15-7)12-14-8-5-3-4-6-9(8)16(12)2/h3-6,18H,13H2,1-2H3. The highest BCUT2D eigenvalue weighted by Crippen LogP contribution is 2.25. The van der Waals surface area contributed by atoms with Gasteiger partial charge in [-0.15, -0.1) is 12.6 Å². The summed E-state index contributed by atoms with van der Waals surface area (Å²) in [5.74, 6) is 1.20. The van der Waals surface area contributed by atoms with Crippen LogP contribution in [0.2, 0.25) is 0 Å². The Labute approximate surface area is 110 Å². The van der Waals surface area contributed by atoms with Crippen molar-refractivity contribution in [1.82, 2.24) is 19.3 Å². The molecule has 2 heterocycles. The first kappa shape index (κ1) is 11.2. The van der Waals surface area contributed by atoms with Crippen LogP contribution in [0.1, 0.15) is 5.69 Å². The fourth-order valence-electron chi connectivity index (χ4n) is 2.01. The fraction of sp³-hybridized carbons (Fsp3) is 0.167. The number of anilines is 1. The Hall–Kier alpha value is -1.95. The Bertz CT molecular complexity index is 740. The third-order valence-corrected chi connectivity index (χ3v) is 3.57. The normalized spacial score (nSPS) is 11.3. The van der Waals surface area contributed by atoms with Crippen LogP contribution in [-0.2, 0) is 7.05 Å². The highest BCUT2D eigenvalue weighted by Gasteiger charge is 2.15. The van der Waals surface area contributed by atoms with Gasteiger partial charge < -0.3 is 10.3 Å². The second-order valence-corrected chi connectivity index (χ2v) is 4.64. The molecule has 0 saturated carbocycles. The number of hydrogen-bond acceptors (Lipinski definition) is 4. The van der Waals surface area contributed by atoms with E-state index >= 15 is 0 Å². The van der Waals surface area contributed by atoms with E-state index in [1.165, 1.54) is 0 Å². The van der Waals surface area contributed by atoms with Gasteiger partial charge in [0.15, 0.2) is 0 Å². The van der Waals surface area contributed by atoms with Crippen LogP contribution in [0, 0.1) is 6.92 Å². The summed E-state index contributed by atoms with van der Waals surface area (Å²) >= 11 is 4.33. The zero-order chi connectivity index (χ0) is 12.9. The van der Waals surface area contributed by atoms with E-state index in [0.29, 0.717) is 16.7 Å². The number of nitrogens with zero attached hydrogens (tertiary/aromatic N) is 4. The van der Waals surface area contributed by atoms with Gasteiger partial charge >= 0.3 is 0 Å². The van der Waals surface area contributed by atoms with Gasteiger partial charge in [0.25, 0.3) is 0 Å². The molecule has 0 aliphatic rings. The molecular formula is C12H13N5S. The molecular weight excluding hydrogens is 246 g/mol. The van der Waals surface area contributed by atoms with Crippen molar-refractivity contribution in [2.45, 2.75) is 11.8 Å². The maximum absolute atomic E-state index is 6.00. The van der Waals surface area contributed by atoms with E-state index in [1.807, 2.05) is 42.8 Å². The molecule has 5 nitrogen and oxygen atoms in total. The maximum atomic E-state index is 6.00. The van der Waals surface area contributed by atoms with Gasteiger partial charge in [0.05, 0.1) is 21.6 Å². The molecule has 0 fully saturated rings. The average Bonchev–Trinajstić information content (AvgIpc) is 2.83. The molecule has 2 N–H and O–H groups in total. The zero-order valence-corrected chi connectivity index (χ0v) is 11.0. The van der Waals surface area contributed by atoms with E-state index in [4.69, 9.17) is 5.73 Å². The minimum Gasteiger partial charge on any atom is -0.383 e. The lowest BCUT2D eigenvalue weighted by atomic mass is 10.3. The van der Waals surface area contributed by atoms with Crippen molar-refractivity contribution < 1.29 is 0 Å². The third-order valence-electron chi connectivity index (χ3n) is 3.02. The van der Waals surface area contributed by atoms with Gasteiger partial charge in [-0.3, -0.25) is 0 Å². The summed E-state index contributed by atoms with van der Waals surface area (Å²) in [6.07, 6.45) is 0. The number of nitrogen functional groups attached to an aromatic ring is 1. The van der Waals surface area contributed by atoms with Crippen LogP contribution in [0.4, 0.5) is 5.82 Å². The molecule has 3 rings (SSSR count). The maximum Gasteiger partial charge on any atom is 0.233 e. The molecule has 18 heavy (non-hydrogen) atoms. The molecule has 0 radical (unpaired) electrons. The number of hydrogen-bond donors (Lipinski definition) is 2. The van der Waals surface area contributed by atoms with Gasteiger partial charge in [0.2, 0.25) is 5.95 Å². The van der Waals surface area contributed by atoms with Crippen LogP contribution in [0.5, 0.6) is 0 Å². The largest absolute Gasteiger partial charge is 0.383 e. The first-order valence-corrected chi connectivity index (χ1v) is 6.00. The number of benzene rings is 1. The van der Waals surface area contributed by atoms with Crippen LogP contribution < -0.4 is 5.73 Å². The summed E-state index contributed by atoms with van der Waals surface area (Å²) in [5, 5.41) is 4.37. The number of imidazole rings is 1. The quantitative estimate of drug-likeness (QED) is 0.656. The molecule has 0 bridgehead atoms. The number of para-hydroxylation sites is 2. The second-order valence-electron chi connectivity index (χ2n) is 4.19. The van der Waals surface area contributed by atoms with E-state index in [2.05, 4.69) is 22.7 Å². The lowest BCUT2D eigenvalue weighted by Gasteiger charge is -2.03. The average molecular weight is 259 g/mol. The predicted molar refractivity (Wildman–Crippen MR) is 74.2 cm³/mol. The molecule has 1 aromatic carbocycles. The van der Waals surface area contributed by atoms with Crippen molar-refractivity contribution in [1.29, 1.82) is 0 Å². The Kier molecular flexibility index (Phi) is 2.34. The molecule has 0 atom stereocenters. The van der Waals surface area contributed by atoms with Crippen molar-refractivity contribution in [3.05, 3.63) is 30.0 Å². The van der Waals surface area contributed by atoms with Crippen LogP contribution in [0.3, 0.4) is 0 Å². The molecule has 0 saturated heterocycles. The molecule has 6 heteroatoms. The second kappa shape index (κ2) is 3.78. The Morgan fingerprint density at radius 2 is 2.00 bits per heavy atom. The monoisotopic (exact) mass is 259 g/mol. The van der Waals surface area contributed by atoms with Crippen LogP contribution in [-0.4, -0.2) is 19.3 Å². The van der Waals surface area contributed by atoms with E-state index in [-0.39, 0.29) is 0 Å². The summed E-state index contributed by atoms with van der Waals surface area (Å²) in [7, 11) is 1.94. The van der Waals surface area contributed by atoms with Gasteiger partial charge in [-0.2, -0.15) is 9.78 Å². The topological polar surface area (TPSA) is 61.7 Å². The lowest BCUT2D eigenvalue weighted by Crippen LogP contribution is -2.08. The summed E-state index contributed by atoms with van der Waals surface area (Å²) in [6, 6.07) is 7.92. The first-order chi connectivity index (χ1) is 8.59. The zero-order valence-electron chi connectivity index (χ0n) is 10.1.